The average Bonchev–Trinajstić information content (AvgIpc) is 2.82. The second kappa shape index (κ2) is 10.0. The van der Waals surface area contributed by atoms with Gasteiger partial charge in [-0.2, -0.15) is 8.42 Å². The molecule has 40 heavy (non-hydrogen) atoms. The molecule has 1 heterocycles. The highest BCUT2D eigenvalue weighted by molar-refractivity contribution is 9.10. The lowest BCUT2D eigenvalue weighted by Gasteiger charge is -2.42. The van der Waals surface area contributed by atoms with Crippen LogP contribution < -0.4 is 8.92 Å². The lowest BCUT2D eigenvalue weighted by molar-refractivity contribution is -0.120. The summed E-state index contributed by atoms with van der Waals surface area (Å²) in [7, 11) is -2.82. The van der Waals surface area contributed by atoms with Crippen molar-refractivity contribution in [3.05, 3.63) is 74.1 Å². The molecule has 2 aromatic rings. The van der Waals surface area contributed by atoms with E-state index in [9.17, 15) is 18.0 Å². The minimum Gasteiger partial charge on any atom is -0.493 e. The highest BCUT2D eigenvalue weighted by atomic mass is 79.9. The number of carbonyl (C=O) groups is 2. The Morgan fingerprint density at radius 3 is 1.93 bits per heavy atom. The number of allylic oxidation sites excluding steroid dienone is 4. The maximum absolute atomic E-state index is 13.6. The largest absolute Gasteiger partial charge is 0.493 e. The summed E-state index contributed by atoms with van der Waals surface area (Å²) in [6, 6.07) is 8.93. The van der Waals surface area contributed by atoms with Gasteiger partial charge in [0.25, 0.3) is 0 Å². The SMILES string of the molecule is COc1cc(C2C3=C(CC(C)(C)CC3=O)OC3=C2C(=O)CC(C)(C)C3)cc(Br)c1OS(=O)(=O)c1ccc(Cl)cc1. The molecule has 1 aliphatic heterocycles. The van der Waals surface area contributed by atoms with Gasteiger partial charge in [0.1, 0.15) is 16.4 Å². The molecule has 0 radical (unpaired) electrons. The summed E-state index contributed by atoms with van der Waals surface area (Å²) in [5.74, 6) is 0.460. The number of carbonyl (C=O) groups excluding carboxylic acids is 2. The van der Waals surface area contributed by atoms with Crippen molar-refractivity contribution in [1.29, 1.82) is 0 Å². The van der Waals surface area contributed by atoms with Gasteiger partial charge in [-0.15, -0.1) is 0 Å². The van der Waals surface area contributed by atoms with Crippen LogP contribution in [-0.4, -0.2) is 27.1 Å². The third-order valence-electron chi connectivity index (χ3n) is 7.46. The zero-order valence-corrected chi connectivity index (χ0v) is 26.1. The number of ketones is 2. The first-order valence-electron chi connectivity index (χ1n) is 12.9. The summed E-state index contributed by atoms with van der Waals surface area (Å²) in [6.07, 6.45) is 1.78. The zero-order valence-electron chi connectivity index (χ0n) is 22.9. The average molecular weight is 650 g/mol. The number of ether oxygens (including phenoxy) is 2. The Balaban J connectivity index is 1.64. The number of methoxy groups -OCH3 is 1. The molecule has 0 aromatic heterocycles. The van der Waals surface area contributed by atoms with Gasteiger partial charge in [0.2, 0.25) is 0 Å². The van der Waals surface area contributed by atoms with Crippen LogP contribution in [0, 0.1) is 10.8 Å². The highest BCUT2D eigenvalue weighted by Gasteiger charge is 2.48. The smallest absolute Gasteiger partial charge is 0.339 e. The minimum absolute atomic E-state index is 0.0520. The van der Waals surface area contributed by atoms with Crippen LogP contribution in [0.3, 0.4) is 0 Å². The molecule has 0 saturated heterocycles. The number of Topliss-reactive ketones (excluding diaryl/α,β-unsaturated/α-hetero) is 2. The van der Waals surface area contributed by atoms with Crippen LogP contribution >= 0.6 is 27.5 Å². The van der Waals surface area contributed by atoms with Crippen molar-refractivity contribution >= 4 is 49.2 Å². The lowest BCUT2D eigenvalue weighted by Crippen LogP contribution is -2.37. The van der Waals surface area contributed by atoms with Crippen LogP contribution in [0.5, 0.6) is 11.5 Å². The van der Waals surface area contributed by atoms with Crippen molar-refractivity contribution in [3.8, 4) is 11.5 Å². The molecule has 10 heteroatoms. The van der Waals surface area contributed by atoms with Gasteiger partial charge >= 0.3 is 10.1 Å². The maximum atomic E-state index is 13.6. The second-order valence-corrected chi connectivity index (χ2v) is 15.0. The molecule has 0 amide bonds. The number of hydrogen-bond donors (Lipinski definition) is 0. The van der Waals surface area contributed by atoms with Crippen molar-refractivity contribution in [3.63, 3.8) is 0 Å². The molecule has 3 aliphatic rings. The van der Waals surface area contributed by atoms with E-state index in [1.54, 1.807) is 12.1 Å². The van der Waals surface area contributed by atoms with E-state index in [0.29, 0.717) is 63.4 Å². The first-order valence-corrected chi connectivity index (χ1v) is 15.5. The highest BCUT2D eigenvalue weighted by Crippen LogP contribution is 2.54. The molecule has 0 spiro atoms. The van der Waals surface area contributed by atoms with Crippen molar-refractivity contribution in [1.82, 2.24) is 0 Å². The number of benzene rings is 2. The monoisotopic (exact) mass is 648 g/mol. The van der Waals surface area contributed by atoms with Crippen molar-refractivity contribution < 1.29 is 31.7 Å². The Morgan fingerprint density at radius 2 is 1.43 bits per heavy atom. The Labute approximate surface area is 247 Å². The zero-order chi connectivity index (χ0) is 29.2. The van der Waals surface area contributed by atoms with Crippen LogP contribution in [0.25, 0.3) is 0 Å². The fourth-order valence-corrected chi connectivity index (χ4v) is 7.49. The van der Waals surface area contributed by atoms with Crippen LogP contribution in [0.4, 0.5) is 0 Å². The Bertz CT molecular complexity index is 1550. The minimum atomic E-state index is -4.22. The van der Waals surface area contributed by atoms with Gasteiger partial charge in [-0.1, -0.05) is 39.3 Å². The quantitative estimate of drug-likeness (QED) is 0.314. The lowest BCUT2D eigenvalue weighted by atomic mass is 9.65. The van der Waals surface area contributed by atoms with Crippen molar-refractivity contribution in [2.75, 3.05) is 7.11 Å². The number of hydrogen-bond acceptors (Lipinski definition) is 7. The number of halogens is 2. The summed E-state index contributed by atoms with van der Waals surface area (Å²) < 4.78 is 43.8. The molecule has 0 N–H and O–H groups in total. The van der Waals surface area contributed by atoms with Gasteiger partial charge < -0.3 is 13.7 Å². The Hall–Kier alpha value is -2.62. The van der Waals surface area contributed by atoms with Gasteiger partial charge in [0.15, 0.2) is 23.1 Å². The van der Waals surface area contributed by atoms with E-state index in [-0.39, 0.29) is 38.8 Å². The summed E-state index contributed by atoms with van der Waals surface area (Å²) in [6.45, 7) is 8.11. The molecule has 5 rings (SSSR count). The second-order valence-electron chi connectivity index (χ2n) is 12.1. The van der Waals surface area contributed by atoms with E-state index in [0.717, 1.165) is 0 Å². The van der Waals surface area contributed by atoms with E-state index >= 15 is 0 Å². The summed E-state index contributed by atoms with van der Waals surface area (Å²) in [4.78, 5) is 27.1. The van der Waals surface area contributed by atoms with Crippen LogP contribution in [0.1, 0.15) is 64.9 Å². The van der Waals surface area contributed by atoms with Gasteiger partial charge in [0.05, 0.1) is 11.6 Å². The number of rotatable bonds is 5. The molecule has 2 aliphatic carbocycles. The van der Waals surface area contributed by atoms with Gasteiger partial charge in [0, 0.05) is 47.8 Å². The molecule has 0 saturated carbocycles. The topological polar surface area (TPSA) is 96.0 Å². The van der Waals surface area contributed by atoms with Crippen LogP contribution in [0.2, 0.25) is 5.02 Å². The molecule has 7 nitrogen and oxygen atoms in total. The molecule has 0 bridgehead atoms. The molecule has 2 aromatic carbocycles. The van der Waals surface area contributed by atoms with Crippen molar-refractivity contribution in [2.24, 2.45) is 10.8 Å². The summed E-state index contributed by atoms with van der Waals surface area (Å²) >= 11 is 9.37. The molecule has 212 valence electrons. The van der Waals surface area contributed by atoms with Gasteiger partial charge in [-0.25, -0.2) is 0 Å². The third kappa shape index (κ3) is 5.35. The Morgan fingerprint density at radius 1 is 0.900 bits per heavy atom. The Kier molecular flexibility index (Phi) is 7.25. The van der Waals surface area contributed by atoms with Gasteiger partial charge in [-0.05, 0) is 68.7 Å². The normalized spacial score (nSPS) is 20.6. The van der Waals surface area contributed by atoms with Crippen LogP contribution in [0.15, 0.2) is 68.4 Å². The fourth-order valence-electron chi connectivity index (χ4n) is 5.75. The molecule has 0 fully saturated rings. The van der Waals surface area contributed by atoms with E-state index in [1.807, 2.05) is 27.7 Å². The molecule has 0 atom stereocenters. The molecule has 0 unspecified atom stereocenters. The third-order valence-corrected chi connectivity index (χ3v) is 9.54. The van der Waals surface area contributed by atoms with E-state index in [2.05, 4.69) is 15.9 Å². The first kappa shape index (κ1) is 28.9. The van der Waals surface area contributed by atoms with Crippen molar-refractivity contribution in [2.45, 2.75) is 64.2 Å². The standard InChI is InChI=1S/C30H30BrClO7S/c1-29(2)12-20(33)26-23(14-29)38-24-15-30(3,4)13-21(34)27(24)25(26)16-10-19(31)28(22(11-16)37-5)39-40(35,36)18-8-6-17(32)7-9-18/h6-11,25H,12-15H2,1-5H3. The van der Waals surface area contributed by atoms with E-state index < -0.39 is 16.0 Å². The summed E-state index contributed by atoms with van der Waals surface area (Å²) in [5.41, 5.74) is 0.992. The van der Waals surface area contributed by atoms with E-state index in [1.165, 1.54) is 31.4 Å². The van der Waals surface area contributed by atoms with E-state index in [4.69, 9.17) is 25.3 Å². The molecular formula is C30H30BrClO7S. The first-order chi connectivity index (χ1) is 18.6. The fraction of sp³-hybridized carbons (Fsp3) is 0.400. The maximum Gasteiger partial charge on any atom is 0.339 e. The molecular weight excluding hydrogens is 620 g/mol. The predicted molar refractivity (Wildman–Crippen MR) is 154 cm³/mol. The predicted octanol–water partition coefficient (Wildman–Crippen LogP) is 7.28. The van der Waals surface area contributed by atoms with Gasteiger partial charge in [-0.3, -0.25) is 9.59 Å². The van der Waals surface area contributed by atoms with Crippen LogP contribution in [-0.2, 0) is 24.4 Å². The summed E-state index contributed by atoms with van der Waals surface area (Å²) in [5, 5.41) is 0.391.